The maximum Gasteiger partial charge on any atom is 0.236 e. The highest BCUT2D eigenvalue weighted by Crippen LogP contribution is 2.27. The van der Waals surface area contributed by atoms with Crippen molar-refractivity contribution in [3.05, 3.63) is 46.5 Å². The molecule has 128 valence electrons. The molecule has 3 atom stereocenters. The van der Waals surface area contributed by atoms with Gasteiger partial charge in [0.05, 0.1) is 22.6 Å². The van der Waals surface area contributed by atoms with Crippen molar-refractivity contribution in [1.29, 1.82) is 0 Å². The van der Waals surface area contributed by atoms with Gasteiger partial charge in [0, 0.05) is 13.1 Å². The molecular weight excluding hydrogens is 331 g/mol. The Bertz CT molecular complexity index is 548. The predicted octanol–water partition coefficient (Wildman–Crippen LogP) is 4.70. The maximum absolute atomic E-state index is 12.4. The number of hydrogen-bond acceptors (Lipinski definition) is 2. The van der Waals surface area contributed by atoms with Gasteiger partial charge in [-0.25, -0.2) is 0 Å². The van der Waals surface area contributed by atoms with E-state index in [1.165, 1.54) is 0 Å². The summed E-state index contributed by atoms with van der Waals surface area (Å²) in [7, 11) is 1.80. The summed E-state index contributed by atoms with van der Waals surface area (Å²) in [6.07, 6.45) is 2.86. The first-order chi connectivity index (χ1) is 10.8. The number of hydrogen-bond donors (Lipinski definition) is 1. The third kappa shape index (κ3) is 5.52. The Morgan fingerprint density at radius 3 is 2.52 bits per heavy atom. The first-order valence-electron chi connectivity index (χ1n) is 7.88. The molecule has 1 aromatic rings. The van der Waals surface area contributed by atoms with Crippen molar-refractivity contribution in [3.8, 4) is 0 Å². The topological polar surface area (TPSA) is 32.3 Å². The molecule has 0 aliphatic heterocycles. The van der Waals surface area contributed by atoms with E-state index in [9.17, 15) is 4.79 Å². The molecule has 3 unspecified atom stereocenters. The van der Waals surface area contributed by atoms with Gasteiger partial charge in [-0.1, -0.05) is 49.2 Å². The van der Waals surface area contributed by atoms with E-state index in [0.717, 1.165) is 12.0 Å². The van der Waals surface area contributed by atoms with E-state index < -0.39 is 0 Å². The van der Waals surface area contributed by atoms with Gasteiger partial charge in [0.25, 0.3) is 0 Å². The summed E-state index contributed by atoms with van der Waals surface area (Å²) in [5.41, 5.74) is 0.960. The lowest BCUT2D eigenvalue weighted by Gasteiger charge is -2.28. The number of nitrogens with one attached hydrogen (secondary N) is 1. The van der Waals surface area contributed by atoms with E-state index in [1.54, 1.807) is 24.1 Å². The molecule has 0 spiro atoms. The Morgan fingerprint density at radius 2 is 2.00 bits per heavy atom. The van der Waals surface area contributed by atoms with Crippen LogP contribution in [0.5, 0.6) is 0 Å². The molecule has 1 amide bonds. The Balaban J connectivity index is 2.68. The van der Waals surface area contributed by atoms with Crippen molar-refractivity contribution >= 4 is 29.1 Å². The van der Waals surface area contributed by atoms with E-state index in [0.29, 0.717) is 22.5 Å². The molecular formula is C18H26Cl2N2O. The fourth-order valence-corrected chi connectivity index (χ4v) is 2.73. The molecule has 1 N–H and O–H groups in total. The Morgan fingerprint density at radius 1 is 1.35 bits per heavy atom. The van der Waals surface area contributed by atoms with Crippen LogP contribution in [0.15, 0.2) is 30.9 Å². The zero-order chi connectivity index (χ0) is 17.6. The number of carbonyl (C=O) groups excluding carboxylic acids is 1. The second kappa shape index (κ2) is 9.31. The fraction of sp³-hybridized carbons (Fsp3) is 0.500. The minimum Gasteiger partial charge on any atom is -0.338 e. The quantitative estimate of drug-likeness (QED) is 0.684. The van der Waals surface area contributed by atoms with Crippen LogP contribution < -0.4 is 5.32 Å². The lowest BCUT2D eigenvalue weighted by Crippen LogP contribution is -2.42. The van der Waals surface area contributed by atoms with Crippen molar-refractivity contribution in [3.63, 3.8) is 0 Å². The monoisotopic (exact) mass is 356 g/mol. The molecule has 0 radical (unpaired) electrons. The second-order valence-corrected chi connectivity index (χ2v) is 6.66. The standard InChI is InChI=1S/C18H26Cl2N2O/c1-6-12(3)17(7-2)21-11-18(23)22(5)13(4)14-8-9-15(19)16(20)10-14/h6,8-10,12-13,17,21H,1,7,11H2,2-5H3. The van der Waals surface area contributed by atoms with Crippen LogP contribution in [0.1, 0.15) is 38.8 Å². The molecule has 0 aliphatic carbocycles. The van der Waals surface area contributed by atoms with Crippen molar-refractivity contribution in [2.45, 2.75) is 39.3 Å². The lowest BCUT2D eigenvalue weighted by molar-refractivity contribution is -0.131. The van der Waals surface area contributed by atoms with Gasteiger partial charge in [-0.2, -0.15) is 0 Å². The molecule has 1 aromatic carbocycles. The van der Waals surface area contributed by atoms with Crippen molar-refractivity contribution in [2.75, 3.05) is 13.6 Å². The van der Waals surface area contributed by atoms with Crippen LogP contribution in [-0.2, 0) is 4.79 Å². The van der Waals surface area contributed by atoms with Crippen LogP contribution in [0, 0.1) is 5.92 Å². The highest BCUT2D eigenvalue weighted by Gasteiger charge is 2.20. The first kappa shape index (κ1) is 20.0. The zero-order valence-electron chi connectivity index (χ0n) is 14.3. The Kier molecular flexibility index (Phi) is 8.10. The van der Waals surface area contributed by atoms with Gasteiger partial charge in [-0.05, 0) is 37.0 Å². The average Bonchev–Trinajstić information content (AvgIpc) is 2.55. The summed E-state index contributed by atoms with van der Waals surface area (Å²) in [5.74, 6) is 0.365. The molecule has 0 aromatic heterocycles. The third-order valence-corrected chi connectivity index (χ3v) is 5.10. The SMILES string of the molecule is C=CC(C)C(CC)NCC(=O)N(C)C(C)c1ccc(Cl)c(Cl)c1. The normalized spacial score (nSPS) is 14.9. The Labute approximate surface area is 149 Å². The molecule has 3 nitrogen and oxygen atoms in total. The predicted molar refractivity (Wildman–Crippen MR) is 99.1 cm³/mol. The molecule has 23 heavy (non-hydrogen) atoms. The summed E-state index contributed by atoms with van der Waals surface area (Å²) in [5, 5.41) is 4.33. The van der Waals surface area contributed by atoms with E-state index >= 15 is 0 Å². The van der Waals surface area contributed by atoms with Gasteiger partial charge in [0.15, 0.2) is 0 Å². The van der Waals surface area contributed by atoms with Crippen LogP contribution in [0.2, 0.25) is 10.0 Å². The summed E-state index contributed by atoms with van der Waals surface area (Å²) < 4.78 is 0. The van der Waals surface area contributed by atoms with Crippen LogP contribution in [-0.4, -0.2) is 30.4 Å². The van der Waals surface area contributed by atoms with Gasteiger partial charge in [0.2, 0.25) is 5.91 Å². The van der Waals surface area contributed by atoms with Gasteiger partial charge >= 0.3 is 0 Å². The highest BCUT2D eigenvalue weighted by atomic mass is 35.5. The first-order valence-corrected chi connectivity index (χ1v) is 8.63. The van der Waals surface area contributed by atoms with Crippen molar-refractivity contribution in [2.24, 2.45) is 5.92 Å². The molecule has 1 rings (SSSR count). The van der Waals surface area contributed by atoms with E-state index in [1.807, 2.05) is 19.1 Å². The number of amides is 1. The zero-order valence-corrected chi connectivity index (χ0v) is 15.8. The number of likely N-dealkylation sites (N-methyl/N-ethyl adjacent to an activating group) is 1. The smallest absolute Gasteiger partial charge is 0.236 e. The molecule has 0 fully saturated rings. The fourth-order valence-electron chi connectivity index (χ4n) is 2.42. The number of nitrogens with zero attached hydrogens (tertiary/aromatic N) is 1. The van der Waals surface area contributed by atoms with Crippen molar-refractivity contribution in [1.82, 2.24) is 10.2 Å². The molecule has 5 heteroatoms. The van der Waals surface area contributed by atoms with Crippen LogP contribution in [0.4, 0.5) is 0 Å². The largest absolute Gasteiger partial charge is 0.338 e. The second-order valence-electron chi connectivity index (χ2n) is 5.84. The molecule has 0 aliphatic rings. The third-order valence-electron chi connectivity index (χ3n) is 4.36. The van der Waals surface area contributed by atoms with Crippen molar-refractivity contribution < 1.29 is 4.79 Å². The lowest BCUT2D eigenvalue weighted by atomic mass is 10.00. The summed E-state index contributed by atoms with van der Waals surface area (Å²) >= 11 is 12.0. The van der Waals surface area contributed by atoms with E-state index in [2.05, 4.69) is 25.7 Å². The van der Waals surface area contributed by atoms with Crippen LogP contribution in [0.3, 0.4) is 0 Å². The molecule has 0 bridgehead atoms. The van der Waals surface area contributed by atoms with Gasteiger partial charge in [-0.3, -0.25) is 4.79 Å². The number of carbonyl (C=O) groups is 1. The highest BCUT2D eigenvalue weighted by molar-refractivity contribution is 6.42. The van der Waals surface area contributed by atoms with E-state index in [4.69, 9.17) is 23.2 Å². The summed E-state index contributed by atoms with van der Waals surface area (Å²) in [6, 6.07) is 5.64. The number of benzene rings is 1. The maximum atomic E-state index is 12.4. The van der Waals surface area contributed by atoms with Gasteiger partial charge < -0.3 is 10.2 Å². The van der Waals surface area contributed by atoms with E-state index in [-0.39, 0.29) is 18.0 Å². The summed E-state index contributed by atoms with van der Waals surface area (Å²) in [4.78, 5) is 14.1. The Hall–Kier alpha value is -1.03. The van der Waals surface area contributed by atoms with Gasteiger partial charge in [0.1, 0.15) is 0 Å². The minimum atomic E-state index is -0.0732. The molecule has 0 saturated heterocycles. The van der Waals surface area contributed by atoms with Crippen LogP contribution in [0.25, 0.3) is 0 Å². The summed E-state index contributed by atoms with van der Waals surface area (Å²) in [6.45, 7) is 10.3. The number of rotatable bonds is 8. The average molecular weight is 357 g/mol. The van der Waals surface area contributed by atoms with Gasteiger partial charge in [-0.15, -0.1) is 6.58 Å². The number of halogens is 2. The molecule has 0 heterocycles. The molecule has 0 saturated carbocycles. The van der Waals surface area contributed by atoms with Crippen LogP contribution >= 0.6 is 23.2 Å². The minimum absolute atomic E-state index is 0.0401.